The normalized spacial score (nSPS) is 17.1. The Morgan fingerprint density at radius 2 is 2.17 bits per heavy atom. The molecule has 6 nitrogen and oxygen atoms in total. The van der Waals surface area contributed by atoms with Gasteiger partial charge in [0.05, 0.1) is 29.6 Å². The van der Waals surface area contributed by atoms with Crippen molar-refractivity contribution in [1.29, 1.82) is 0 Å². The minimum absolute atomic E-state index is 0.178. The van der Waals surface area contributed by atoms with Gasteiger partial charge in [-0.2, -0.15) is 0 Å². The van der Waals surface area contributed by atoms with Crippen LogP contribution >= 0.6 is 0 Å². The summed E-state index contributed by atoms with van der Waals surface area (Å²) in [6.07, 6.45) is 3.66. The molecule has 0 bridgehead atoms. The van der Waals surface area contributed by atoms with Crippen LogP contribution in [0.4, 0.5) is 5.95 Å². The highest BCUT2D eigenvalue weighted by Gasteiger charge is 2.29. The number of rotatable bonds is 4. The van der Waals surface area contributed by atoms with E-state index in [1.54, 1.807) is 13.1 Å². The summed E-state index contributed by atoms with van der Waals surface area (Å²) in [5.74, 6) is 0.270. The van der Waals surface area contributed by atoms with Crippen molar-refractivity contribution < 1.29 is 9.53 Å². The lowest BCUT2D eigenvalue weighted by Crippen LogP contribution is -2.26. The van der Waals surface area contributed by atoms with E-state index < -0.39 is 0 Å². The van der Waals surface area contributed by atoms with Gasteiger partial charge >= 0.3 is 5.97 Å². The second-order valence-corrected chi connectivity index (χ2v) is 5.94. The maximum Gasteiger partial charge on any atom is 0.341 e. The first-order chi connectivity index (χ1) is 11.6. The number of anilines is 1. The largest absolute Gasteiger partial charge is 0.462 e. The number of ether oxygens (including phenoxy) is 1. The van der Waals surface area contributed by atoms with Gasteiger partial charge in [0.1, 0.15) is 0 Å². The average molecular weight is 326 g/mol. The van der Waals surface area contributed by atoms with E-state index in [9.17, 15) is 4.79 Å². The SMILES string of the molecule is CCOC(=O)c1cnc(N2CCC[C@H]2c2cccc(C)n2)nc1C. The fourth-order valence-electron chi connectivity index (χ4n) is 3.07. The highest BCUT2D eigenvalue weighted by molar-refractivity contribution is 5.90. The van der Waals surface area contributed by atoms with Crippen LogP contribution in [0.25, 0.3) is 0 Å². The number of hydrogen-bond acceptors (Lipinski definition) is 6. The quantitative estimate of drug-likeness (QED) is 0.805. The van der Waals surface area contributed by atoms with Crippen molar-refractivity contribution in [3.63, 3.8) is 0 Å². The molecule has 2 aromatic rings. The van der Waals surface area contributed by atoms with Gasteiger partial charge in [-0.1, -0.05) is 6.07 Å². The van der Waals surface area contributed by atoms with E-state index in [0.29, 0.717) is 23.8 Å². The van der Waals surface area contributed by atoms with Crippen LogP contribution in [0, 0.1) is 13.8 Å². The molecule has 0 aliphatic carbocycles. The first kappa shape index (κ1) is 16.4. The van der Waals surface area contributed by atoms with Gasteiger partial charge in [-0.25, -0.2) is 14.8 Å². The average Bonchev–Trinajstić information content (AvgIpc) is 3.04. The Morgan fingerprint density at radius 3 is 2.88 bits per heavy atom. The summed E-state index contributed by atoms with van der Waals surface area (Å²) in [7, 11) is 0. The Bertz CT molecular complexity index is 748. The minimum Gasteiger partial charge on any atom is -0.462 e. The zero-order valence-corrected chi connectivity index (χ0v) is 14.3. The van der Waals surface area contributed by atoms with Gasteiger partial charge in [0.15, 0.2) is 0 Å². The van der Waals surface area contributed by atoms with Crippen LogP contribution in [-0.4, -0.2) is 34.1 Å². The predicted molar refractivity (Wildman–Crippen MR) is 91.0 cm³/mol. The van der Waals surface area contributed by atoms with Gasteiger partial charge in [-0.15, -0.1) is 0 Å². The first-order valence-electron chi connectivity index (χ1n) is 8.31. The molecule has 3 heterocycles. The summed E-state index contributed by atoms with van der Waals surface area (Å²) in [5, 5.41) is 0. The lowest BCUT2D eigenvalue weighted by molar-refractivity contribution is 0.0524. The summed E-state index contributed by atoms with van der Waals surface area (Å²) in [6, 6.07) is 6.26. The van der Waals surface area contributed by atoms with Crippen LogP contribution in [0.2, 0.25) is 0 Å². The third-order valence-electron chi connectivity index (χ3n) is 4.22. The Balaban J connectivity index is 1.88. The van der Waals surface area contributed by atoms with Crippen LogP contribution < -0.4 is 4.90 Å². The van der Waals surface area contributed by atoms with E-state index in [0.717, 1.165) is 30.8 Å². The summed E-state index contributed by atoms with van der Waals surface area (Å²) in [6.45, 7) is 6.82. The van der Waals surface area contributed by atoms with Crippen molar-refractivity contribution >= 4 is 11.9 Å². The number of hydrogen-bond donors (Lipinski definition) is 0. The van der Waals surface area contributed by atoms with Gasteiger partial charge in [-0.3, -0.25) is 4.98 Å². The van der Waals surface area contributed by atoms with Crippen LogP contribution in [-0.2, 0) is 4.74 Å². The molecular weight excluding hydrogens is 304 g/mol. The number of aryl methyl sites for hydroxylation is 2. The lowest BCUT2D eigenvalue weighted by atomic mass is 10.1. The summed E-state index contributed by atoms with van der Waals surface area (Å²) < 4.78 is 5.04. The predicted octanol–water partition coefficient (Wildman–Crippen LogP) is 3.01. The highest BCUT2D eigenvalue weighted by atomic mass is 16.5. The molecule has 1 aliphatic heterocycles. The van der Waals surface area contributed by atoms with Crippen molar-refractivity contribution in [1.82, 2.24) is 15.0 Å². The highest BCUT2D eigenvalue weighted by Crippen LogP contribution is 2.33. The molecule has 0 amide bonds. The van der Waals surface area contributed by atoms with E-state index in [4.69, 9.17) is 4.74 Å². The van der Waals surface area contributed by atoms with E-state index >= 15 is 0 Å². The molecule has 1 saturated heterocycles. The van der Waals surface area contributed by atoms with Crippen LogP contribution in [0.1, 0.15) is 53.2 Å². The van der Waals surface area contributed by atoms with Crippen LogP contribution in [0.3, 0.4) is 0 Å². The zero-order valence-electron chi connectivity index (χ0n) is 14.3. The van der Waals surface area contributed by atoms with E-state index in [1.807, 2.05) is 26.0 Å². The number of nitrogens with zero attached hydrogens (tertiary/aromatic N) is 4. The van der Waals surface area contributed by atoms with Crippen molar-refractivity contribution in [2.45, 2.75) is 39.7 Å². The molecule has 0 N–H and O–H groups in total. The summed E-state index contributed by atoms with van der Waals surface area (Å²) in [4.78, 5) is 27.7. The van der Waals surface area contributed by atoms with Gasteiger partial charge in [-0.05, 0) is 45.7 Å². The Hall–Kier alpha value is -2.50. The monoisotopic (exact) mass is 326 g/mol. The summed E-state index contributed by atoms with van der Waals surface area (Å²) in [5.41, 5.74) is 3.11. The first-order valence-corrected chi connectivity index (χ1v) is 8.31. The molecular formula is C18H22N4O2. The number of aromatic nitrogens is 3. The topological polar surface area (TPSA) is 68.2 Å². The zero-order chi connectivity index (χ0) is 17.1. The van der Waals surface area contributed by atoms with Crippen LogP contribution in [0.5, 0.6) is 0 Å². The van der Waals surface area contributed by atoms with E-state index in [2.05, 4.69) is 25.9 Å². The number of carbonyl (C=O) groups excluding carboxylic acids is 1. The fraction of sp³-hybridized carbons (Fsp3) is 0.444. The molecule has 0 aromatic carbocycles. The molecule has 0 radical (unpaired) electrons. The standard InChI is InChI=1S/C18H22N4O2/c1-4-24-17(23)14-11-19-18(21-13(14)3)22-10-6-9-16(22)15-8-5-7-12(2)20-15/h5,7-8,11,16H,4,6,9-10H2,1-3H3/t16-/m0/s1. The molecule has 0 spiro atoms. The van der Waals surface area contributed by atoms with Gasteiger partial charge in [0.25, 0.3) is 0 Å². The lowest BCUT2D eigenvalue weighted by Gasteiger charge is -2.24. The maximum absolute atomic E-state index is 11.9. The van der Waals surface area contributed by atoms with Crippen molar-refractivity contribution in [3.05, 3.63) is 47.0 Å². The van der Waals surface area contributed by atoms with Gasteiger partial charge in [0.2, 0.25) is 5.95 Å². The number of carbonyl (C=O) groups is 1. The molecule has 126 valence electrons. The second kappa shape index (κ2) is 6.95. The molecule has 1 aliphatic rings. The fourth-order valence-corrected chi connectivity index (χ4v) is 3.07. The van der Waals surface area contributed by atoms with Gasteiger partial charge < -0.3 is 9.64 Å². The molecule has 1 fully saturated rings. The molecule has 24 heavy (non-hydrogen) atoms. The van der Waals surface area contributed by atoms with Crippen molar-refractivity contribution in [2.75, 3.05) is 18.1 Å². The van der Waals surface area contributed by atoms with Crippen LogP contribution in [0.15, 0.2) is 24.4 Å². The van der Waals surface area contributed by atoms with E-state index in [-0.39, 0.29) is 12.0 Å². The molecule has 0 unspecified atom stereocenters. The number of pyridine rings is 1. The molecule has 6 heteroatoms. The second-order valence-electron chi connectivity index (χ2n) is 5.94. The van der Waals surface area contributed by atoms with Gasteiger partial charge in [0, 0.05) is 18.4 Å². The minimum atomic E-state index is -0.375. The molecule has 3 rings (SSSR count). The Kier molecular flexibility index (Phi) is 4.74. The summed E-state index contributed by atoms with van der Waals surface area (Å²) >= 11 is 0. The third kappa shape index (κ3) is 3.22. The Morgan fingerprint density at radius 1 is 1.33 bits per heavy atom. The Labute approximate surface area is 141 Å². The molecule has 1 atom stereocenters. The molecule has 2 aromatic heterocycles. The van der Waals surface area contributed by atoms with Crippen molar-refractivity contribution in [2.24, 2.45) is 0 Å². The smallest absolute Gasteiger partial charge is 0.341 e. The van der Waals surface area contributed by atoms with E-state index in [1.165, 1.54) is 0 Å². The third-order valence-corrected chi connectivity index (χ3v) is 4.22. The van der Waals surface area contributed by atoms with Crippen molar-refractivity contribution in [3.8, 4) is 0 Å². The maximum atomic E-state index is 11.9. The molecule has 0 saturated carbocycles. The number of esters is 1.